The van der Waals surface area contributed by atoms with E-state index in [4.69, 9.17) is 0 Å². The summed E-state index contributed by atoms with van der Waals surface area (Å²) in [4.78, 5) is 0. The van der Waals surface area contributed by atoms with Gasteiger partial charge in [0.1, 0.15) is 0 Å². The van der Waals surface area contributed by atoms with E-state index < -0.39 is 0 Å². The lowest BCUT2D eigenvalue weighted by Crippen LogP contribution is -2.24. The van der Waals surface area contributed by atoms with Crippen molar-refractivity contribution in [2.24, 2.45) is 11.8 Å². The van der Waals surface area contributed by atoms with E-state index in [0.29, 0.717) is 18.3 Å². The molecule has 0 fully saturated rings. The van der Waals surface area contributed by atoms with Crippen molar-refractivity contribution in [1.29, 1.82) is 0 Å². The van der Waals surface area contributed by atoms with Crippen LogP contribution >= 0.6 is 0 Å². The average molecular weight is 202 g/mol. The zero-order chi connectivity index (χ0) is 11.1. The first kappa shape index (κ1) is 13.9. The average Bonchev–Trinajstić information content (AvgIpc) is 2.15. The number of hydrogen-bond donors (Lipinski definition) is 2. The van der Waals surface area contributed by atoms with Crippen molar-refractivity contribution in [1.82, 2.24) is 0 Å². The van der Waals surface area contributed by atoms with E-state index in [-0.39, 0.29) is 12.2 Å². The molecule has 0 amide bonds. The van der Waals surface area contributed by atoms with Gasteiger partial charge in [-0.25, -0.2) is 0 Å². The van der Waals surface area contributed by atoms with Crippen molar-refractivity contribution in [2.45, 2.75) is 65.6 Å². The predicted molar refractivity (Wildman–Crippen MR) is 60.2 cm³/mol. The highest BCUT2D eigenvalue weighted by Gasteiger charge is 2.18. The summed E-state index contributed by atoms with van der Waals surface area (Å²) in [5.74, 6) is 0.843. The van der Waals surface area contributed by atoms with Gasteiger partial charge in [-0.05, 0) is 24.7 Å². The Morgan fingerprint density at radius 2 is 1.50 bits per heavy atom. The maximum absolute atomic E-state index is 9.71. The Hall–Kier alpha value is -0.0800. The van der Waals surface area contributed by atoms with E-state index in [2.05, 4.69) is 20.8 Å². The van der Waals surface area contributed by atoms with E-state index in [1.54, 1.807) is 0 Å². The Morgan fingerprint density at radius 3 is 1.93 bits per heavy atom. The molecule has 2 heteroatoms. The van der Waals surface area contributed by atoms with Crippen LogP contribution in [0.1, 0.15) is 53.4 Å². The maximum Gasteiger partial charge on any atom is 0.0590 e. The lowest BCUT2D eigenvalue weighted by molar-refractivity contribution is 0.0379. The molecule has 0 aromatic carbocycles. The smallest absolute Gasteiger partial charge is 0.0590 e. The summed E-state index contributed by atoms with van der Waals surface area (Å²) in [5, 5.41) is 19.4. The standard InChI is InChI=1S/C12H26O2/c1-5-9(3)7-11(13)8-12(14)10(4)6-2/h9-14H,5-8H2,1-4H3. The third-order valence-corrected chi connectivity index (χ3v) is 3.19. The fourth-order valence-electron chi connectivity index (χ4n) is 1.51. The summed E-state index contributed by atoms with van der Waals surface area (Å²) in [7, 11) is 0. The molecule has 0 spiro atoms. The van der Waals surface area contributed by atoms with E-state index in [1.165, 1.54) is 0 Å². The van der Waals surface area contributed by atoms with E-state index in [1.807, 2.05) is 6.92 Å². The summed E-state index contributed by atoms with van der Waals surface area (Å²) in [6.07, 6.45) is 2.71. The normalized spacial score (nSPS) is 20.1. The van der Waals surface area contributed by atoms with Crippen LogP contribution in [0.4, 0.5) is 0 Å². The summed E-state index contributed by atoms with van der Waals surface area (Å²) in [6, 6.07) is 0. The number of rotatable bonds is 7. The van der Waals surface area contributed by atoms with E-state index >= 15 is 0 Å². The number of hydrogen-bond acceptors (Lipinski definition) is 2. The molecule has 2 N–H and O–H groups in total. The quantitative estimate of drug-likeness (QED) is 0.666. The van der Waals surface area contributed by atoms with Crippen LogP contribution in [0.2, 0.25) is 0 Å². The van der Waals surface area contributed by atoms with Crippen LogP contribution in [0.25, 0.3) is 0 Å². The number of aliphatic hydroxyl groups is 2. The monoisotopic (exact) mass is 202 g/mol. The SMILES string of the molecule is CCC(C)CC(O)CC(O)C(C)CC. The summed E-state index contributed by atoms with van der Waals surface area (Å²) >= 11 is 0. The molecule has 0 aromatic rings. The first-order valence-electron chi connectivity index (χ1n) is 5.87. The summed E-state index contributed by atoms with van der Waals surface area (Å²) in [6.45, 7) is 8.36. The Bertz CT molecular complexity index is 136. The van der Waals surface area contributed by atoms with E-state index in [9.17, 15) is 10.2 Å². The minimum Gasteiger partial charge on any atom is -0.393 e. The Labute approximate surface area is 88.3 Å². The fourth-order valence-corrected chi connectivity index (χ4v) is 1.51. The second-order valence-electron chi connectivity index (χ2n) is 4.59. The van der Waals surface area contributed by atoms with Gasteiger partial charge in [0.05, 0.1) is 12.2 Å². The fraction of sp³-hybridized carbons (Fsp3) is 1.00. The van der Waals surface area contributed by atoms with Gasteiger partial charge in [-0.15, -0.1) is 0 Å². The van der Waals surface area contributed by atoms with E-state index in [0.717, 1.165) is 19.3 Å². The molecule has 2 nitrogen and oxygen atoms in total. The van der Waals surface area contributed by atoms with Crippen molar-refractivity contribution >= 4 is 0 Å². The van der Waals surface area contributed by atoms with Crippen molar-refractivity contribution in [3.8, 4) is 0 Å². The zero-order valence-electron chi connectivity index (χ0n) is 10.0. The molecule has 0 aliphatic heterocycles. The third-order valence-electron chi connectivity index (χ3n) is 3.19. The van der Waals surface area contributed by atoms with Gasteiger partial charge in [0.2, 0.25) is 0 Å². The summed E-state index contributed by atoms with van der Waals surface area (Å²) < 4.78 is 0. The molecule has 0 aliphatic rings. The van der Waals surface area contributed by atoms with Gasteiger partial charge in [-0.2, -0.15) is 0 Å². The van der Waals surface area contributed by atoms with Crippen molar-refractivity contribution in [2.75, 3.05) is 0 Å². The molecule has 86 valence electrons. The molecule has 0 saturated heterocycles. The lowest BCUT2D eigenvalue weighted by Gasteiger charge is -2.22. The van der Waals surface area contributed by atoms with Crippen molar-refractivity contribution in [3.05, 3.63) is 0 Å². The van der Waals surface area contributed by atoms with Crippen LogP contribution < -0.4 is 0 Å². The highest BCUT2D eigenvalue weighted by atomic mass is 16.3. The second kappa shape index (κ2) is 7.24. The van der Waals surface area contributed by atoms with Gasteiger partial charge >= 0.3 is 0 Å². The first-order valence-corrected chi connectivity index (χ1v) is 5.87. The predicted octanol–water partition coefficient (Wildman–Crippen LogP) is 2.58. The molecule has 4 atom stereocenters. The molecule has 14 heavy (non-hydrogen) atoms. The third kappa shape index (κ3) is 5.61. The van der Waals surface area contributed by atoms with Crippen molar-refractivity contribution in [3.63, 3.8) is 0 Å². The highest BCUT2D eigenvalue weighted by Crippen LogP contribution is 2.17. The Morgan fingerprint density at radius 1 is 0.929 bits per heavy atom. The van der Waals surface area contributed by atoms with Gasteiger partial charge in [-0.3, -0.25) is 0 Å². The van der Waals surface area contributed by atoms with Gasteiger partial charge < -0.3 is 10.2 Å². The lowest BCUT2D eigenvalue weighted by atomic mass is 9.92. The van der Waals surface area contributed by atoms with Gasteiger partial charge in [0.15, 0.2) is 0 Å². The number of aliphatic hydroxyl groups excluding tert-OH is 2. The second-order valence-corrected chi connectivity index (χ2v) is 4.59. The van der Waals surface area contributed by atoms with Gasteiger partial charge in [0.25, 0.3) is 0 Å². The molecule has 0 heterocycles. The molecule has 0 radical (unpaired) electrons. The summed E-state index contributed by atoms with van der Waals surface area (Å²) in [5.41, 5.74) is 0. The van der Waals surface area contributed by atoms with Gasteiger partial charge in [0, 0.05) is 0 Å². The molecular weight excluding hydrogens is 176 g/mol. The molecule has 0 bridgehead atoms. The first-order chi connectivity index (χ1) is 6.51. The van der Waals surface area contributed by atoms with Gasteiger partial charge in [-0.1, -0.05) is 40.5 Å². The zero-order valence-corrected chi connectivity index (χ0v) is 10.0. The largest absolute Gasteiger partial charge is 0.393 e. The van der Waals surface area contributed by atoms with Crippen LogP contribution in [-0.4, -0.2) is 22.4 Å². The molecule has 4 unspecified atom stereocenters. The molecule has 0 saturated carbocycles. The van der Waals surface area contributed by atoms with Crippen LogP contribution in [0.3, 0.4) is 0 Å². The molecule has 0 rings (SSSR count). The molecule has 0 aromatic heterocycles. The Kier molecular flexibility index (Phi) is 7.20. The van der Waals surface area contributed by atoms with Crippen LogP contribution in [0.5, 0.6) is 0 Å². The minimum atomic E-state index is -0.348. The molecular formula is C12H26O2. The Balaban J connectivity index is 3.75. The minimum absolute atomic E-state index is 0.293. The van der Waals surface area contributed by atoms with Crippen LogP contribution in [-0.2, 0) is 0 Å². The van der Waals surface area contributed by atoms with Crippen molar-refractivity contribution < 1.29 is 10.2 Å². The van der Waals surface area contributed by atoms with Crippen LogP contribution in [0.15, 0.2) is 0 Å². The van der Waals surface area contributed by atoms with Crippen LogP contribution in [0, 0.1) is 11.8 Å². The molecule has 0 aliphatic carbocycles. The highest BCUT2D eigenvalue weighted by molar-refractivity contribution is 4.69. The topological polar surface area (TPSA) is 40.5 Å². The maximum atomic E-state index is 9.71.